The molecule has 0 fully saturated rings. The van der Waals surface area contributed by atoms with Gasteiger partial charge in [-0.05, 0) is 49.3 Å². The van der Waals surface area contributed by atoms with Crippen LogP contribution < -0.4 is 0 Å². The fourth-order valence-electron chi connectivity index (χ4n) is 0.966. The van der Waals surface area contributed by atoms with Gasteiger partial charge in [0.2, 0.25) is 0 Å². The van der Waals surface area contributed by atoms with Crippen LogP contribution in [-0.4, -0.2) is 0 Å². The van der Waals surface area contributed by atoms with Crippen molar-refractivity contribution in [3.05, 3.63) is 43.2 Å². The summed E-state index contributed by atoms with van der Waals surface area (Å²) in [6, 6.07) is 2.11. The molecule has 0 aliphatic heterocycles. The van der Waals surface area contributed by atoms with Crippen molar-refractivity contribution in [3.63, 3.8) is 0 Å². The molecule has 13 heavy (non-hydrogen) atoms. The van der Waals surface area contributed by atoms with E-state index in [2.05, 4.69) is 55.7 Å². The molecule has 2 heterocycles. The Morgan fingerprint density at radius 2 is 2.00 bits per heavy atom. The molecule has 0 N–H and O–H groups in total. The standard InChI is InChI=1S/C10H7BrS2/c11-10-7-13-6-9(10)2-1-8-3-4-12-5-8/h1-7H/b2-1+. The predicted molar refractivity (Wildman–Crippen MR) is 65.3 cm³/mol. The lowest BCUT2D eigenvalue weighted by atomic mass is 10.2. The Morgan fingerprint density at radius 1 is 1.08 bits per heavy atom. The lowest BCUT2D eigenvalue weighted by molar-refractivity contribution is 1.79. The first kappa shape index (κ1) is 9.19. The zero-order chi connectivity index (χ0) is 9.10. The van der Waals surface area contributed by atoms with Crippen molar-refractivity contribution in [1.82, 2.24) is 0 Å². The minimum absolute atomic E-state index is 1.17. The molecule has 0 radical (unpaired) electrons. The molecule has 0 saturated heterocycles. The summed E-state index contributed by atoms with van der Waals surface area (Å²) in [4.78, 5) is 0. The van der Waals surface area contributed by atoms with E-state index in [-0.39, 0.29) is 0 Å². The van der Waals surface area contributed by atoms with Crippen LogP contribution in [0.25, 0.3) is 12.2 Å². The highest BCUT2D eigenvalue weighted by atomic mass is 79.9. The number of halogens is 1. The van der Waals surface area contributed by atoms with Gasteiger partial charge in [-0.15, -0.1) is 0 Å². The second kappa shape index (κ2) is 4.22. The molecule has 66 valence electrons. The van der Waals surface area contributed by atoms with E-state index in [1.54, 1.807) is 22.7 Å². The maximum atomic E-state index is 3.49. The van der Waals surface area contributed by atoms with Crippen LogP contribution in [0.2, 0.25) is 0 Å². The highest BCUT2D eigenvalue weighted by Crippen LogP contribution is 2.23. The molecule has 3 heteroatoms. The largest absolute Gasteiger partial charge is 0.152 e. The van der Waals surface area contributed by atoms with Crippen molar-refractivity contribution in [2.45, 2.75) is 0 Å². The zero-order valence-corrected chi connectivity index (χ0v) is 9.95. The van der Waals surface area contributed by atoms with Crippen LogP contribution in [0.3, 0.4) is 0 Å². The van der Waals surface area contributed by atoms with Gasteiger partial charge in [0.15, 0.2) is 0 Å². The number of thiophene rings is 2. The van der Waals surface area contributed by atoms with Gasteiger partial charge in [0.05, 0.1) is 0 Å². The van der Waals surface area contributed by atoms with E-state index >= 15 is 0 Å². The first-order chi connectivity index (χ1) is 6.36. The summed E-state index contributed by atoms with van der Waals surface area (Å²) in [5.74, 6) is 0. The van der Waals surface area contributed by atoms with Gasteiger partial charge in [0, 0.05) is 9.85 Å². The fraction of sp³-hybridized carbons (Fsp3) is 0. The smallest absolute Gasteiger partial charge is 0.0354 e. The number of rotatable bonds is 2. The maximum Gasteiger partial charge on any atom is 0.0354 e. The number of hydrogen-bond acceptors (Lipinski definition) is 2. The van der Waals surface area contributed by atoms with E-state index in [0.29, 0.717) is 0 Å². The normalized spacial score (nSPS) is 11.2. The first-order valence-electron chi connectivity index (χ1n) is 3.78. The monoisotopic (exact) mass is 270 g/mol. The highest BCUT2D eigenvalue weighted by molar-refractivity contribution is 9.10. The average Bonchev–Trinajstić information content (AvgIpc) is 2.72. The van der Waals surface area contributed by atoms with Crippen molar-refractivity contribution in [1.29, 1.82) is 0 Å². The molecule has 0 bridgehead atoms. The van der Waals surface area contributed by atoms with Crippen molar-refractivity contribution in [3.8, 4) is 0 Å². The third-order valence-electron chi connectivity index (χ3n) is 1.64. The van der Waals surface area contributed by atoms with Crippen molar-refractivity contribution in [2.24, 2.45) is 0 Å². The average molecular weight is 271 g/mol. The predicted octanol–water partition coefficient (Wildman–Crippen LogP) is 4.74. The SMILES string of the molecule is Brc1cscc1/C=C/c1ccsc1. The summed E-state index contributed by atoms with van der Waals surface area (Å²) in [6.45, 7) is 0. The van der Waals surface area contributed by atoms with Crippen LogP contribution in [0.4, 0.5) is 0 Å². The van der Waals surface area contributed by atoms with Gasteiger partial charge in [-0.2, -0.15) is 22.7 Å². The molecule has 2 rings (SSSR count). The maximum absolute atomic E-state index is 3.49. The molecule has 0 nitrogen and oxygen atoms in total. The van der Waals surface area contributed by atoms with E-state index in [9.17, 15) is 0 Å². The summed E-state index contributed by atoms with van der Waals surface area (Å²) in [6.07, 6.45) is 4.26. The van der Waals surface area contributed by atoms with Gasteiger partial charge in [-0.25, -0.2) is 0 Å². The van der Waals surface area contributed by atoms with Crippen molar-refractivity contribution < 1.29 is 0 Å². The number of hydrogen-bond donors (Lipinski definition) is 0. The molecule has 0 aromatic carbocycles. The van der Waals surface area contributed by atoms with Gasteiger partial charge in [-0.1, -0.05) is 12.2 Å². The summed E-state index contributed by atoms with van der Waals surface area (Å²) in [5.41, 5.74) is 2.51. The minimum Gasteiger partial charge on any atom is -0.152 e. The third-order valence-corrected chi connectivity index (χ3v) is 4.09. The Balaban J connectivity index is 2.19. The molecule has 0 spiro atoms. The Hall–Kier alpha value is -0.380. The molecule has 0 amide bonds. The van der Waals surface area contributed by atoms with Gasteiger partial charge in [-0.3, -0.25) is 0 Å². The summed E-state index contributed by atoms with van der Waals surface area (Å²) in [7, 11) is 0. The van der Waals surface area contributed by atoms with Crippen molar-refractivity contribution in [2.75, 3.05) is 0 Å². The van der Waals surface area contributed by atoms with E-state index in [1.807, 2.05) is 0 Å². The van der Waals surface area contributed by atoms with Gasteiger partial charge < -0.3 is 0 Å². The molecule has 0 unspecified atom stereocenters. The Morgan fingerprint density at radius 3 is 2.62 bits per heavy atom. The summed E-state index contributed by atoms with van der Waals surface area (Å²) < 4.78 is 1.17. The van der Waals surface area contributed by atoms with Crippen LogP contribution in [0.1, 0.15) is 11.1 Å². The fourth-order valence-corrected chi connectivity index (χ4v) is 2.99. The van der Waals surface area contributed by atoms with Crippen molar-refractivity contribution >= 4 is 50.8 Å². The zero-order valence-electron chi connectivity index (χ0n) is 6.74. The van der Waals surface area contributed by atoms with E-state index in [4.69, 9.17) is 0 Å². The molecule has 2 aromatic heterocycles. The second-order valence-corrected chi connectivity index (χ2v) is 4.94. The molecule has 0 saturated carbocycles. The molecular formula is C10H7BrS2. The second-order valence-electron chi connectivity index (χ2n) is 2.57. The van der Waals surface area contributed by atoms with Crippen LogP contribution in [0, 0.1) is 0 Å². The van der Waals surface area contributed by atoms with Crippen LogP contribution in [0.5, 0.6) is 0 Å². The van der Waals surface area contributed by atoms with Crippen LogP contribution in [0.15, 0.2) is 32.1 Å². The molecule has 0 aliphatic carbocycles. The molecular weight excluding hydrogens is 264 g/mol. The third kappa shape index (κ3) is 2.30. The molecule has 0 atom stereocenters. The summed E-state index contributed by atoms with van der Waals surface area (Å²) >= 11 is 6.92. The Bertz CT molecular complexity index is 398. The lowest BCUT2D eigenvalue weighted by Gasteiger charge is -1.86. The van der Waals surface area contributed by atoms with E-state index < -0.39 is 0 Å². The first-order valence-corrected chi connectivity index (χ1v) is 6.46. The van der Waals surface area contributed by atoms with Gasteiger partial charge in [0.1, 0.15) is 0 Å². The Labute approximate surface area is 93.7 Å². The summed E-state index contributed by atoms with van der Waals surface area (Å²) in [5, 5.41) is 8.44. The van der Waals surface area contributed by atoms with E-state index in [0.717, 1.165) is 0 Å². The quantitative estimate of drug-likeness (QED) is 0.739. The van der Waals surface area contributed by atoms with Crippen LogP contribution in [-0.2, 0) is 0 Å². The topological polar surface area (TPSA) is 0 Å². The van der Waals surface area contributed by atoms with Crippen LogP contribution >= 0.6 is 38.6 Å². The van der Waals surface area contributed by atoms with E-state index in [1.165, 1.54) is 15.6 Å². The molecule has 2 aromatic rings. The van der Waals surface area contributed by atoms with Gasteiger partial charge in [0.25, 0.3) is 0 Å². The molecule has 0 aliphatic rings. The lowest BCUT2D eigenvalue weighted by Crippen LogP contribution is -1.64. The minimum atomic E-state index is 1.17. The Kier molecular flexibility index (Phi) is 2.98. The highest BCUT2D eigenvalue weighted by Gasteiger charge is 1.95. The van der Waals surface area contributed by atoms with Gasteiger partial charge >= 0.3 is 0 Å².